The van der Waals surface area contributed by atoms with E-state index in [-0.39, 0.29) is 5.17 Å². The van der Waals surface area contributed by atoms with E-state index in [4.69, 9.17) is 11.6 Å². The number of amides is 1. The topological polar surface area (TPSA) is 50.7 Å². The molecule has 0 atom stereocenters. The van der Waals surface area contributed by atoms with Gasteiger partial charge in [-0.25, -0.2) is 4.79 Å². The van der Waals surface area contributed by atoms with Crippen molar-refractivity contribution in [1.29, 1.82) is 0 Å². The minimum Gasteiger partial charge on any atom is -0.297 e. The zero-order valence-electron chi connectivity index (χ0n) is 10.7. The predicted molar refractivity (Wildman–Crippen MR) is 74.2 cm³/mol. The molecule has 4 nitrogen and oxygen atoms in total. The summed E-state index contributed by atoms with van der Waals surface area (Å²) in [6.07, 6.45) is -0.128. The molecular formula is C13H17ClN2O2. The smallest absolute Gasteiger partial charge is 0.297 e. The van der Waals surface area contributed by atoms with Gasteiger partial charge in [0.05, 0.1) is 0 Å². The Balaban J connectivity index is 2.54. The van der Waals surface area contributed by atoms with Crippen LogP contribution in [-0.2, 0) is 4.84 Å². The predicted octanol–water partition coefficient (Wildman–Crippen LogP) is 4.32. The lowest BCUT2D eigenvalue weighted by atomic mass is 10.0. The average molecular weight is 269 g/mol. The zero-order valence-corrected chi connectivity index (χ0v) is 11.5. The highest BCUT2D eigenvalue weighted by Gasteiger charge is 2.04. The average Bonchev–Trinajstić information content (AvgIpc) is 2.36. The third-order valence-corrected chi connectivity index (χ3v) is 2.68. The first-order valence-corrected chi connectivity index (χ1v) is 6.21. The van der Waals surface area contributed by atoms with E-state index >= 15 is 0 Å². The number of hydrogen-bond donors (Lipinski definition) is 1. The summed E-state index contributed by atoms with van der Waals surface area (Å²) in [6, 6.07) is 7.56. The summed E-state index contributed by atoms with van der Waals surface area (Å²) in [6.45, 7) is 6.04. The highest BCUT2D eigenvalue weighted by atomic mass is 35.5. The minimum absolute atomic E-state index is 0.250. The maximum Gasteiger partial charge on any atom is 0.437 e. The molecular weight excluding hydrogens is 252 g/mol. The van der Waals surface area contributed by atoms with Crippen molar-refractivity contribution in [2.24, 2.45) is 5.16 Å². The second-order valence-corrected chi connectivity index (χ2v) is 4.54. The summed E-state index contributed by atoms with van der Waals surface area (Å²) in [7, 11) is 0. The van der Waals surface area contributed by atoms with E-state index in [1.165, 1.54) is 5.56 Å². The molecule has 0 aliphatic heterocycles. The lowest BCUT2D eigenvalue weighted by Gasteiger charge is -2.07. The van der Waals surface area contributed by atoms with Crippen molar-refractivity contribution in [1.82, 2.24) is 0 Å². The van der Waals surface area contributed by atoms with E-state index in [0.29, 0.717) is 18.0 Å². The van der Waals surface area contributed by atoms with E-state index in [0.717, 1.165) is 0 Å². The second kappa shape index (κ2) is 7.01. The van der Waals surface area contributed by atoms with Crippen molar-refractivity contribution in [3.63, 3.8) is 0 Å². The first-order valence-electron chi connectivity index (χ1n) is 5.83. The third kappa shape index (κ3) is 4.75. The lowest BCUT2D eigenvalue weighted by Crippen LogP contribution is -2.11. The molecule has 18 heavy (non-hydrogen) atoms. The molecule has 0 aromatic heterocycles. The molecule has 0 radical (unpaired) electrons. The number of halogens is 1. The lowest BCUT2D eigenvalue weighted by molar-refractivity contribution is 0.166. The van der Waals surface area contributed by atoms with E-state index in [1.807, 2.05) is 31.2 Å². The SMILES string of the molecule is CC/C(Cl)=N/OC(=O)Nc1ccc(C(C)C)cc1. The molecule has 1 amide bonds. The Morgan fingerprint density at radius 1 is 1.39 bits per heavy atom. The minimum atomic E-state index is -0.654. The van der Waals surface area contributed by atoms with Crippen LogP contribution in [-0.4, -0.2) is 11.3 Å². The Bertz CT molecular complexity index is 427. The molecule has 1 aromatic rings. The van der Waals surface area contributed by atoms with Crippen LogP contribution in [0.25, 0.3) is 0 Å². The summed E-state index contributed by atoms with van der Waals surface area (Å²) < 4.78 is 0. The van der Waals surface area contributed by atoms with Crippen molar-refractivity contribution in [3.05, 3.63) is 29.8 Å². The van der Waals surface area contributed by atoms with Crippen LogP contribution in [0.15, 0.2) is 29.4 Å². The number of nitrogens with one attached hydrogen (secondary N) is 1. The summed E-state index contributed by atoms with van der Waals surface area (Å²) >= 11 is 5.61. The van der Waals surface area contributed by atoms with Gasteiger partial charge in [0, 0.05) is 12.1 Å². The maximum absolute atomic E-state index is 11.4. The highest BCUT2D eigenvalue weighted by molar-refractivity contribution is 6.65. The molecule has 98 valence electrons. The van der Waals surface area contributed by atoms with Crippen LogP contribution in [0.1, 0.15) is 38.7 Å². The van der Waals surface area contributed by atoms with E-state index in [2.05, 4.69) is 29.2 Å². The van der Waals surface area contributed by atoms with Gasteiger partial charge in [0.15, 0.2) is 0 Å². The monoisotopic (exact) mass is 268 g/mol. The maximum atomic E-state index is 11.4. The van der Waals surface area contributed by atoms with Gasteiger partial charge in [-0.2, -0.15) is 0 Å². The standard InChI is InChI=1S/C13H17ClN2O2/c1-4-12(14)16-18-13(17)15-11-7-5-10(6-8-11)9(2)3/h5-9H,4H2,1-3H3,(H,15,17)/b16-12-. The molecule has 0 saturated heterocycles. The highest BCUT2D eigenvalue weighted by Crippen LogP contribution is 2.17. The van der Waals surface area contributed by atoms with Crippen molar-refractivity contribution in [3.8, 4) is 0 Å². The van der Waals surface area contributed by atoms with Crippen LogP contribution in [0.4, 0.5) is 10.5 Å². The Morgan fingerprint density at radius 2 is 2.00 bits per heavy atom. The van der Waals surface area contributed by atoms with Crippen LogP contribution in [0.5, 0.6) is 0 Å². The molecule has 0 spiro atoms. The molecule has 0 heterocycles. The number of carbonyl (C=O) groups excluding carboxylic acids is 1. The van der Waals surface area contributed by atoms with E-state index in [9.17, 15) is 4.79 Å². The quantitative estimate of drug-likeness (QED) is 0.502. The normalized spacial score (nSPS) is 11.5. The fraction of sp³-hybridized carbons (Fsp3) is 0.385. The van der Waals surface area contributed by atoms with Crippen LogP contribution < -0.4 is 5.32 Å². The Morgan fingerprint density at radius 3 is 2.50 bits per heavy atom. The van der Waals surface area contributed by atoms with Gasteiger partial charge in [-0.05, 0) is 23.6 Å². The fourth-order valence-electron chi connectivity index (χ4n) is 1.25. The van der Waals surface area contributed by atoms with Gasteiger partial charge in [-0.3, -0.25) is 10.2 Å². The number of benzene rings is 1. The summed E-state index contributed by atoms with van der Waals surface area (Å²) in [5.74, 6) is 0.457. The van der Waals surface area contributed by atoms with Gasteiger partial charge in [0.1, 0.15) is 5.17 Å². The number of hydrogen-bond acceptors (Lipinski definition) is 3. The molecule has 0 saturated carbocycles. The summed E-state index contributed by atoms with van der Waals surface area (Å²) in [5.41, 5.74) is 1.87. The van der Waals surface area contributed by atoms with Crippen molar-refractivity contribution in [2.45, 2.75) is 33.1 Å². The number of carbonyl (C=O) groups is 1. The van der Waals surface area contributed by atoms with E-state index in [1.54, 1.807) is 0 Å². The molecule has 1 N–H and O–H groups in total. The van der Waals surface area contributed by atoms with Crippen molar-refractivity contribution >= 4 is 28.6 Å². The Kier molecular flexibility index (Phi) is 5.65. The van der Waals surface area contributed by atoms with Crippen LogP contribution in [0.2, 0.25) is 0 Å². The number of rotatable bonds is 4. The van der Waals surface area contributed by atoms with Crippen LogP contribution >= 0.6 is 11.6 Å². The third-order valence-electron chi connectivity index (χ3n) is 2.34. The fourth-order valence-corrected chi connectivity index (χ4v) is 1.28. The molecule has 0 fully saturated rings. The molecule has 0 bridgehead atoms. The Hall–Kier alpha value is -1.55. The number of oxime groups is 1. The van der Waals surface area contributed by atoms with Crippen LogP contribution in [0.3, 0.4) is 0 Å². The van der Waals surface area contributed by atoms with Gasteiger partial charge in [0.2, 0.25) is 0 Å². The number of nitrogens with zero attached hydrogens (tertiary/aromatic N) is 1. The number of anilines is 1. The zero-order chi connectivity index (χ0) is 13.5. The van der Waals surface area contributed by atoms with Gasteiger partial charge in [0.25, 0.3) is 0 Å². The van der Waals surface area contributed by atoms with Gasteiger partial charge >= 0.3 is 6.09 Å². The summed E-state index contributed by atoms with van der Waals surface area (Å²) in [5, 5.41) is 6.27. The Labute approximate surface area is 112 Å². The molecule has 0 unspecified atom stereocenters. The largest absolute Gasteiger partial charge is 0.437 e. The van der Waals surface area contributed by atoms with Gasteiger partial charge < -0.3 is 0 Å². The van der Waals surface area contributed by atoms with Crippen LogP contribution in [0, 0.1) is 0 Å². The molecule has 0 aliphatic rings. The molecule has 5 heteroatoms. The van der Waals surface area contributed by atoms with Crippen molar-refractivity contribution in [2.75, 3.05) is 5.32 Å². The molecule has 1 aromatic carbocycles. The summed E-state index contributed by atoms with van der Waals surface area (Å²) in [4.78, 5) is 15.9. The van der Waals surface area contributed by atoms with E-state index < -0.39 is 6.09 Å². The first kappa shape index (κ1) is 14.5. The van der Waals surface area contributed by atoms with Gasteiger partial charge in [-0.1, -0.05) is 49.7 Å². The van der Waals surface area contributed by atoms with Gasteiger partial charge in [-0.15, -0.1) is 0 Å². The first-order chi connectivity index (χ1) is 8.52. The molecule has 1 rings (SSSR count). The molecule has 0 aliphatic carbocycles. The second-order valence-electron chi connectivity index (χ2n) is 4.10. The van der Waals surface area contributed by atoms with Crippen molar-refractivity contribution < 1.29 is 9.63 Å².